The molecule has 0 bridgehead atoms. The fourth-order valence-electron chi connectivity index (χ4n) is 4.92. The smallest absolute Gasteiger partial charge is 0.421 e. The Bertz CT molecular complexity index is 1180. The molecular formula is C26H32F3N7O2. The minimum absolute atomic E-state index is 0.0906. The molecule has 2 aliphatic rings. The van der Waals surface area contributed by atoms with Crippen LogP contribution in [0.4, 0.5) is 24.5 Å². The van der Waals surface area contributed by atoms with E-state index in [1.807, 2.05) is 11.0 Å². The molecule has 9 nitrogen and oxygen atoms in total. The van der Waals surface area contributed by atoms with Gasteiger partial charge < -0.3 is 20.7 Å². The van der Waals surface area contributed by atoms with Crippen molar-refractivity contribution in [3.05, 3.63) is 29.6 Å². The van der Waals surface area contributed by atoms with E-state index in [4.69, 9.17) is 10.5 Å². The number of nitrogens with zero attached hydrogens (tertiary/aromatic N) is 5. The maximum Gasteiger partial charge on any atom is 0.421 e. The molecule has 0 unspecified atom stereocenters. The highest BCUT2D eigenvalue weighted by atomic mass is 19.4. The second-order valence-corrected chi connectivity index (χ2v) is 9.70. The lowest BCUT2D eigenvalue weighted by Gasteiger charge is -2.32. The van der Waals surface area contributed by atoms with Gasteiger partial charge in [0.1, 0.15) is 11.6 Å². The van der Waals surface area contributed by atoms with Crippen molar-refractivity contribution >= 4 is 17.3 Å². The number of nitrogens with two attached hydrogens (primary N) is 1. The predicted molar refractivity (Wildman–Crippen MR) is 136 cm³/mol. The van der Waals surface area contributed by atoms with E-state index in [2.05, 4.69) is 20.2 Å². The van der Waals surface area contributed by atoms with Gasteiger partial charge in [0.05, 0.1) is 30.2 Å². The molecule has 2 aromatic heterocycles. The highest BCUT2D eigenvalue weighted by molar-refractivity contribution is 5.78. The summed E-state index contributed by atoms with van der Waals surface area (Å²) in [7, 11) is 1.59. The van der Waals surface area contributed by atoms with E-state index >= 15 is 0 Å². The summed E-state index contributed by atoms with van der Waals surface area (Å²) in [5, 5.41) is 12.1. The van der Waals surface area contributed by atoms with Crippen LogP contribution < -0.4 is 15.8 Å². The third-order valence-corrected chi connectivity index (χ3v) is 7.18. The van der Waals surface area contributed by atoms with Gasteiger partial charge in [-0.25, -0.2) is 9.97 Å². The number of piperidine rings is 1. The highest BCUT2D eigenvalue weighted by Crippen LogP contribution is 2.38. The fraction of sp³-hybridized carbons (Fsp3) is 0.538. The van der Waals surface area contributed by atoms with Crippen molar-refractivity contribution in [2.45, 2.75) is 38.3 Å². The van der Waals surface area contributed by atoms with Crippen LogP contribution in [0.3, 0.4) is 0 Å². The number of ether oxygens (including phenoxy) is 1. The number of nitrogens with one attached hydrogen (secondary N) is 1. The number of rotatable bonds is 8. The molecule has 2 aliphatic heterocycles. The molecule has 0 aromatic carbocycles. The van der Waals surface area contributed by atoms with E-state index in [1.54, 1.807) is 7.05 Å². The van der Waals surface area contributed by atoms with Crippen LogP contribution in [0.25, 0.3) is 11.3 Å². The van der Waals surface area contributed by atoms with Gasteiger partial charge in [-0.15, -0.1) is 0 Å². The van der Waals surface area contributed by atoms with E-state index in [0.29, 0.717) is 24.6 Å². The average Bonchev–Trinajstić information content (AvgIpc) is 3.45. The average molecular weight is 532 g/mol. The number of alkyl halides is 3. The number of carbonyl (C=O) groups is 1. The summed E-state index contributed by atoms with van der Waals surface area (Å²) in [6.45, 7) is 3.81. The number of hydrogen-bond donors (Lipinski definition) is 2. The molecule has 0 saturated carbocycles. The first-order valence-electron chi connectivity index (χ1n) is 12.8. The van der Waals surface area contributed by atoms with Crippen LogP contribution >= 0.6 is 0 Å². The molecule has 12 heteroatoms. The first-order valence-corrected chi connectivity index (χ1v) is 12.8. The zero-order valence-corrected chi connectivity index (χ0v) is 21.4. The molecule has 0 radical (unpaired) electrons. The summed E-state index contributed by atoms with van der Waals surface area (Å²) >= 11 is 0. The first-order chi connectivity index (χ1) is 18.2. The van der Waals surface area contributed by atoms with Crippen molar-refractivity contribution in [3.63, 3.8) is 0 Å². The van der Waals surface area contributed by atoms with Crippen LogP contribution in [0.5, 0.6) is 5.88 Å². The number of amides is 1. The van der Waals surface area contributed by atoms with Crippen LogP contribution in [0.15, 0.2) is 18.3 Å². The van der Waals surface area contributed by atoms with Gasteiger partial charge >= 0.3 is 6.18 Å². The Kier molecular flexibility index (Phi) is 8.56. The number of pyridine rings is 2. The zero-order valence-electron chi connectivity index (χ0n) is 21.4. The van der Waals surface area contributed by atoms with Crippen LogP contribution in [0, 0.1) is 17.2 Å². The van der Waals surface area contributed by atoms with E-state index in [9.17, 15) is 23.2 Å². The molecule has 4 rings (SSSR count). The summed E-state index contributed by atoms with van der Waals surface area (Å²) in [5.41, 5.74) is 5.49. The summed E-state index contributed by atoms with van der Waals surface area (Å²) < 4.78 is 47.2. The quantitative estimate of drug-likeness (QED) is 0.528. The molecule has 38 heavy (non-hydrogen) atoms. The van der Waals surface area contributed by atoms with Gasteiger partial charge in [0, 0.05) is 31.9 Å². The van der Waals surface area contributed by atoms with Gasteiger partial charge in [-0.3, -0.25) is 9.69 Å². The fourth-order valence-corrected chi connectivity index (χ4v) is 4.92. The Hall–Kier alpha value is -3.59. The molecule has 0 atom stereocenters. The molecule has 2 fully saturated rings. The number of aromatic nitrogens is 2. The normalized spacial score (nSPS) is 16.9. The van der Waals surface area contributed by atoms with Gasteiger partial charge in [0.15, 0.2) is 5.69 Å². The van der Waals surface area contributed by atoms with E-state index in [0.717, 1.165) is 57.9 Å². The van der Waals surface area contributed by atoms with Crippen LogP contribution in [0.1, 0.15) is 43.4 Å². The third-order valence-electron chi connectivity index (χ3n) is 7.18. The lowest BCUT2D eigenvalue weighted by Crippen LogP contribution is -2.42. The van der Waals surface area contributed by atoms with Crippen molar-refractivity contribution in [1.29, 1.82) is 5.26 Å². The summed E-state index contributed by atoms with van der Waals surface area (Å²) in [6.07, 6.45) is 1.03. The second kappa shape index (κ2) is 11.9. The first kappa shape index (κ1) is 27.4. The number of nitriles is 1. The van der Waals surface area contributed by atoms with Gasteiger partial charge in [-0.05, 0) is 63.2 Å². The molecule has 0 aliphatic carbocycles. The third kappa shape index (κ3) is 6.45. The number of likely N-dealkylation sites (tertiary alicyclic amines) is 2. The van der Waals surface area contributed by atoms with E-state index in [-0.39, 0.29) is 35.2 Å². The van der Waals surface area contributed by atoms with E-state index < -0.39 is 17.6 Å². The number of carbonyl (C=O) groups excluding carboxylic acids is 1. The molecule has 204 valence electrons. The number of anilines is 2. The number of hydrogen-bond acceptors (Lipinski definition) is 8. The molecule has 4 heterocycles. The molecule has 0 spiro atoms. The lowest BCUT2D eigenvalue weighted by molar-refractivity contribution is -0.139. The van der Waals surface area contributed by atoms with Gasteiger partial charge in [0.25, 0.3) is 0 Å². The lowest BCUT2D eigenvalue weighted by atomic mass is 9.94. The van der Waals surface area contributed by atoms with Gasteiger partial charge in [0.2, 0.25) is 11.8 Å². The second-order valence-electron chi connectivity index (χ2n) is 9.70. The maximum atomic E-state index is 13.9. The molecule has 3 N–H and O–H groups in total. The Balaban J connectivity index is 1.36. The highest BCUT2D eigenvalue weighted by Gasteiger charge is 2.36. The Labute approximate surface area is 219 Å². The van der Waals surface area contributed by atoms with Crippen LogP contribution in [-0.4, -0.2) is 72.1 Å². The minimum atomic E-state index is -4.69. The topological polar surface area (TPSA) is 120 Å². The van der Waals surface area contributed by atoms with Crippen molar-refractivity contribution in [2.75, 3.05) is 57.4 Å². The standard InChI is InChI=1S/C26H32F3N7O2/c1-32-21-13-20(34-22(14-30)24(21)31)18-12-19(26(27,28)29)25(33-15-18)38-11-6-17-4-9-35(10-5-17)16-23(37)36-7-2-3-8-36/h12-13,15,17H,2-11,16,31H2,1H3,(H,32,34). The molecular weight excluding hydrogens is 499 g/mol. The predicted octanol–water partition coefficient (Wildman–Crippen LogP) is 3.76. The summed E-state index contributed by atoms with van der Waals surface area (Å²) in [4.78, 5) is 24.5. The van der Waals surface area contributed by atoms with Gasteiger partial charge in [-0.1, -0.05) is 0 Å². The summed E-state index contributed by atoms with van der Waals surface area (Å²) in [5.74, 6) is 0.00321. The number of nitrogen functional groups attached to an aromatic ring is 1. The van der Waals surface area contributed by atoms with Crippen LogP contribution in [-0.2, 0) is 11.0 Å². The zero-order chi connectivity index (χ0) is 27.3. The van der Waals surface area contributed by atoms with Crippen LogP contribution in [0.2, 0.25) is 0 Å². The monoisotopic (exact) mass is 531 g/mol. The molecule has 1 amide bonds. The SMILES string of the molecule is CNc1cc(-c2cnc(OCCC3CCN(CC(=O)N4CCCC4)CC3)c(C(F)(F)F)c2)nc(C#N)c1N. The van der Waals surface area contributed by atoms with Crippen molar-refractivity contribution in [3.8, 4) is 23.2 Å². The minimum Gasteiger partial charge on any atom is -0.477 e. The Morgan fingerprint density at radius 2 is 1.95 bits per heavy atom. The van der Waals surface area contributed by atoms with Gasteiger partial charge in [-0.2, -0.15) is 18.4 Å². The number of halogens is 3. The van der Waals surface area contributed by atoms with Crippen molar-refractivity contribution in [2.24, 2.45) is 5.92 Å². The Morgan fingerprint density at radius 3 is 2.58 bits per heavy atom. The molecule has 2 aromatic rings. The summed E-state index contributed by atoms with van der Waals surface area (Å²) in [6, 6.07) is 4.25. The van der Waals surface area contributed by atoms with Crippen molar-refractivity contribution < 1.29 is 22.7 Å². The Morgan fingerprint density at radius 1 is 1.24 bits per heavy atom. The molecule has 2 saturated heterocycles. The van der Waals surface area contributed by atoms with E-state index in [1.165, 1.54) is 12.3 Å². The maximum absolute atomic E-state index is 13.9. The van der Waals surface area contributed by atoms with Crippen molar-refractivity contribution in [1.82, 2.24) is 19.8 Å². The largest absolute Gasteiger partial charge is 0.477 e.